The van der Waals surface area contributed by atoms with Crippen LogP contribution in [-0.2, 0) is 24.8 Å². The minimum atomic E-state index is -3.23. The molecule has 1 saturated carbocycles. The summed E-state index contributed by atoms with van der Waals surface area (Å²) in [5.74, 6) is 0.0507. The Labute approximate surface area is 150 Å². The lowest BCUT2D eigenvalue weighted by atomic mass is 9.68. The molecule has 1 aliphatic carbocycles. The first-order valence-electron chi connectivity index (χ1n) is 9.12. The number of hydrogen-bond acceptors (Lipinski definition) is 4. The third-order valence-corrected chi connectivity index (χ3v) is 6.62. The van der Waals surface area contributed by atoms with Gasteiger partial charge in [0.2, 0.25) is 5.91 Å². The zero-order valence-corrected chi connectivity index (χ0v) is 15.6. The number of hydrogen-bond donors (Lipinski definition) is 1. The molecule has 6 heteroatoms. The Kier molecular flexibility index (Phi) is 5.49. The van der Waals surface area contributed by atoms with E-state index in [0.29, 0.717) is 11.4 Å². The van der Waals surface area contributed by atoms with Crippen molar-refractivity contribution < 1.29 is 17.9 Å². The average molecular weight is 365 g/mol. The average Bonchev–Trinajstić information content (AvgIpc) is 3.13. The Bertz CT molecular complexity index is 699. The van der Waals surface area contributed by atoms with Crippen LogP contribution in [0.4, 0.5) is 0 Å². The zero-order chi connectivity index (χ0) is 17.9. The molecule has 25 heavy (non-hydrogen) atoms. The fraction of sp³-hybridized carbons (Fsp3) is 0.632. The van der Waals surface area contributed by atoms with Crippen LogP contribution in [0.3, 0.4) is 0 Å². The van der Waals surface area contributed by atoms with Crippen molar-refractivity contribution in [2.45, 2.75) is 61.4 Å². The molecule has 1 unspecified atom stereocenters. The summed E-state index contributed by atoms with van der Waals surface area (Å²) in [4.78, 5) is 13.4. The molecule has 0 radical (unpaired) electrons. The van der Waals surface area contributed by atoms with E-state index in [4.69, 9.17) is 4.74 Å². The van der Waals surface area contributed by atoms with E-state index >= 15 is 0 Å². The third kappa shape index (κ3) is 4.06. The lowest BCUT2D eigenvalue weighted by Gasteiger charge is -2.36. The highest BCUT2D eigenvalue weighted by atomic mass is 32.2. The van der Waals surface area contributed by atoms with Gasteiger partial charge in [-0.2, -0.15) is 0 Å². The lowest BCUT2D eigenvalue weighted by molar-refractivity contribution is -0.128. The molecule has 0 bridgehead atoms. The number of rotatable bonds is 5. The Morgan fingerprint density at radius 1 is 1.16 bits per heavy atom. The van der Waals surface area contributed by atoms with Gasteiger partial charge in [0.05, 0.1) is 16.4 Å². The van der Waals surface area contributed by atoms with E-state index in [0.717, 1.165) is 57.1 Å². The number of benzene rings is 1. The van der Waals surface area contributed by atoms with Gasteiger partial charge in [-0.3, -0.25) is 4.79 Å². The molecule has 5 nitrogen and oxygen atoms in total. The number of ether oxygens (including phenoxy) is 1. The van der Waals surface area contributed by atoms with Crippen molar-refractivity contribution in [3.63, 3.8) is 0 Å². The molecule has 1 aromatic carbocycles. The van der Waals surface area contributed by atoms with Crippen LogP contribution < -0.4 is 5.32 Å². The van der Waals surface area contributed by atoms with Gasteiger partial charge < -0.3 is 10.1 Å². The van der Waals surface area contributed by atoms with Crippen molar-refractivity contribution in [2.75, 3.05) is 19.4 Å². The van der Waals surface area contributed by atoms with Gasteiger partial charge in [-0.1, -0.05) is 31.4 Å². The van der Waals surface area contributed by atoms with Gasteiger partial charge in [0.1, 0.15) is 0 Å². The van der Waals surface area contributed by atoms with E-state index < -0.39 is 15.3 Å². The van der Waals surface area contributed by atoms with E-state index in [-0.39, 0.29) is 12.0 Å². The quantitative estimate of drug-likeness (QED) is 0.870. The molecule has 1 amide bonds. The number of carbonyl (C=O) groups excluding carboxylic acids is 1. The van der Waals surface area contributed by atoms with Crippen LogP contribution >= 0.6 is 0 Å². The Morgan fingerprint density at radius 2 is 1.84 bits per heavy atom. The topological polar surface area (TPSA) is 72.5 Å². The molecule has 2 fully saturated rings. The summed E-state index contributed by atoms with van der Waals surface area (Å²) in [5.41, 5.74) is 0.372. The highest BCUT2D eigenvalue weighted by Gasteiger charge is 2.41. The van der Waals surface area contributed by atoms with Gasteiger partial charge >= 0.3 is 0 Å². The number of nitrogens with one attached hydrogen (secondary N) is 1. The standard InChI is InChI=1S/C19H27NO4S/c1-25(22,23)17-9-7-15(8-10-17)19(11-3-2-4-12-19)18(21)20-14-16-6-5-13-24-16/h7-10,16H,2-6,11-14H2,1H3,(H,20,21). The minimum Gasteiger partial charge on any atom is -0.376 e. The van der Waals surface area contributed by atoms with Gasteiger partial charge in [-0.15, -0.1) is 0 Å². The van der Waals surface area contributed by atoms with Crippen LogP contribution in [0.1, 0.15) is 50.5 Å². The third-order valence-electron chi connectivity index (χ3n) is 5.49. The molecular formula is C19H27NO4S. The molecule has 0 spiro atoms. The summed E-state index contributed by atoms with van der Waals surface area (Å²) in [7, 11) is -3.23. The SMILES string of the molecule is CS(=O)(=O)c1ccc(C2(C(=O)NCC3CCCO3)CCCCC2)cc1. The van der Waals surface area contributed by atoms with Crippen LogP contribution in [0.5, 0.6) is 0 Å². The number of carbonyl (C=O) groups is 1. The van der Waals surface area contributed by atoms with Crippen LogP contribution in [0, 0.1) is 0 Å². The zero-order valence-electron chi connectivity index (χ0n) is 14.8. The molecule has 2 aliphatic rings. The fourth-order valence-corrected chi connectivity index (χ4v) is 4.63. The second-order valence-corrected chi connectivity index (χ2v) is 9.30. The lowest BCUT2D eigenvalue weighted by Crippen LogP contribution is -2.47. The summed E-state index contributed by atoms with van der Waals surface area (Å²) < 4.78 is 29.0. The highest BCUT2D eigenvalue weighted by molar-refractivity contribution is 7.90. The largest absolute Gasteiger partial charge is 0.376 e. The molecule has 1 aliphatic heterocycles. The van der Waals surface area contributed by atoms with Gasteiger partial charge in [0, 0.05) is 19.4 Å². The van der Waals surface area contributed by atoms with E-state index in [1.54, 1.807) is 12.1 Å². The molecule has 138 valence electrons. The molecule has 3 rings (SSSR count). The van der Waals surface area contributed by atoms with E-state index in [1.165, 1.54) is 6.26 Å². The van der Waals surface area contributed by atoms with Crippen molar-refractivity contribution in [1.29, 1.82) is 0 Å². The monoisotopic (exact) mass is 365 g/mol. The van der Waals surface area contributed by atoms with Crippen molar-refractivity contribution in [3.8, 4) is 0 Å². The fourth-order valence-electron chi connectivity index (χ4n) is 4.00. The number of sulfone groups is 1. The molecule has 1 heterocycles. The molecule has 1 saturated heterocycles. The van der Waals surface area contributed by atoms with Crippen molar-refractivity contribution in [2.24, 2.45) is 0 Å². The minimum absolute atomic E-state index is 0.0507. The molecule has 1 N–H and O–H groups in total. The smallest absolute Gasteiger partial charge is 0.230 e. The van der Waals surface area contributed by atoms with Crippen molar-refractivity contribution in [3.05, 3.63) is 29.8 Å². The first-order chi connectivity index (χ1) is 11.9. The van der Waals surface area contributed by atoms with Crippen molar-refractivity contribution in [1.82, 2.24) is 5.32 Å². The van der Waals surface area contributed by atoms with Gasteiger partial charge in [-0.05, 0) is 43.4 Å². The Hall–Kier alpha value is -1.40. The summed E-state index contributed by atoms with van der Waals surface area (Å²) in [6.45, 7) is 1.33. The van der Waals surface area contributed by atoms with E-state index in [2.05, 4.69) is 5.32 Å². The Balaban J connectivity index is 1.81. The normalized spacial score (nSPS) is 23.3. The first-order valence-corrected chi connectivity index (χ1v) is 11.0. The van der Waals surface area contributed by atoms with E-state index in [1.807, 2.05) is 12.1 Å². The summed E-state index contributed by atoms with van der Waals surface area (Å²) in [6.07, 6.45) is 8.16. The Morgan fingerprint density at radius 3 is 2.40 bits per heavy atom. The summed E-state index contributed by atoms with van der Waals surface area (Å²) in [5, 5.41) is 3.10. The van der Waals surface area contributed by atoms with E-state index in [9.17, 15) is 13.2 Å². The second-order valence-electron chi connectivity index (χ2n) is 7.28. The van der Waals surface area contributed by atoms with Crippen LogP contribution in [-0.4, -0.2) is 39.8 Å². The van der Waals surface area contributed by atoms with Gasteiger partial charge in [-0.25, -0.2) is 8.42 Å². The predicted molar refractivity (Wildman–Crippen MR) is 96.3 cm³/mol. The molecule has 1 aromatic rings. The molecule has 0 aromatic heterocycles. The molecule has 1 atom stereocenters. The maximum absolute atomic E-state index is 13.1. The van der Waals surface area contributed by atoms with Crippen LogP contribution in [0.25, 0.3) is 0 Å². The highest BCUT2D eigenvalue weighted by Crippen LogP contribution is 2.40. The predicted octanol–water partition coefficient (Wildman–Crippen LogP) is 2.59. The maximum Gasteiger partial charge on any atom is 0.230 e. The van der Waals surface area contributed by atoms with Crippen LogP contribution in [0.15, 0.2) is 29.2 Å². The first kappa shape index (κ1) is 18.4. The van der Waals surface area contributed by atoms with Gasteiger partial charge in [0.25, 0.3) is 0 Å². The maximum atomic E-state index is 13.1. The molecular weight excluding hydrogens is 338 g/mol. The summed E-state index contributed by atoms with van der Waals surface area (Å²) in [6, 6.07) is 6.86. The van der Waals surface area contributed by atoms with Crippen LogP contribution in [0.2, 0.25) is 0 Å². The van der Waals surface area contributed by atoms with Gasteiger partial charge in [0.15, 0.2) is 9.84 Å². The van der Waals surface area contributed by atoms with Crippen molar-refractivity contribution >= 4 is 15.7 Å². The number of amides is 1. The summed E-state index contributed by atoms with van der Waals surface area (Å²) >= 11 is 0. The second kappa shape index (κ2) is 7.46.